The molecule has 0 bridgehead atoms. The highest BCUT2D eigenvalue weighted by Crippen LogP contribution is 2.48. The van der Waals surface area contributed by atoms with Gasteiger partial charge in [-0.3, -0.25) is 9.69 Å². The van der Waals surface area contributed by atoms with Gasteiger partial charge in [0.25, 0.3) is 0 Å². The number of nitrogens with zero attached hydrogens (tertiary/aromatic N) is 1. The predicted molar refractivity (Wildman–Crippen MR) is 95.2 cm³/mol. The number of esters is 1. The standard InChI is InChI=1S/C21H23NO3/c1-2-24-21(23)18-12-16-14-25-19-11-7-6-10-17(19)20(16)22(18)13-15-8-4-3-5-9-15/h3-11,16,18,20H,2,12-14H2,1H3/t16-,18-,20-/m0/s1. The van der Waals surface area contributed by atoms with Gasteiger partial charge in [0.05, 0.1) is 13.2 Å². The Bertz CT molecular complexity index is 746. The highest BCUT2D eigenvalue weighted by atomic mass is 16.5. The lowest BCUT2D eigenvalue weighted by molar-refractivity contribution is -0.149. The van der Waals surface area contributed by atoms with Crippen LogP contribution in [0, 0.1) is 5.92 Å². The van der Waals surface area contributed by atoms with Gasteiger partial charge in [0.15, 0.2) is 0 Å². The topological polar surface area (TPSA) is 38.8 Å². The van der Waals surface area contributed by atoms with Crippen LogP contribution < -0.4 is 4.74 Å². The molecule has 2 heterocycles. The van der Waals surface area contributed by atoms with E-state index in [1.165, 1.54) is 11.1 Å². The minimum atomic E-state index is -0.218. The van der Waals surface area contributed by atoms with Gasteiger partial charge in [-0.05, 0) is 25.0 Å². The lowest BCUT2D eigenvalue weighted by atomic mass is 9.91. The second-order valence-electron chi connectivity index (χ2n) is 6.72. The molecule has 130 valence electrons. The monoisotopic (exact) mass is 337 g/mol. The van der Waals surface area contributed by atoms with E-state index in [-0.39, 0.29) is 18.1 Å². The largest absolute Gasteiger partial charge is 0.493 e. The van der Waals surface area contributed by atoms with E-state index in [0.29, 0.717) is 19.1 Å². The van der Waals surface area contributed by atoms with Crippen LogP contribution in [0.1, 0.15) is 30.5 Å². The van der Waals surface area contributed by atoms with Crippen molar-refractivity contribution in [3.63, 3.8) is 0 Å². The third-order valence-electron chi connectivity index (χ3n) is 5.19. The van der Waals surface area contributed by atoms with Gasteiger partial charge < -0.3 is 9.47 Å². The van der Waals surface area contributed by atoms with Crippen molar-refractivity contribution < 1.29 is 14.3 Å². The molecule has 25 heavy (non-hydrogen) atoms. The molecule has 0 N–H and O–H groups in total. The molecule has 1 saturated heterocycles. The number of hydrogen-bond donors (Lipinski definition) is 0. The van der Waals surface area contributed by atoms with Gasteiger partial charge in [0, 0.05) is 24.1 Å². The fraction of sp³-hybridized carbons (Fsp3) is 0.381. The van der Waals surface area contributed by atoms with E-state index in [2.05, 4.69) is 23.1 Å². The van der Waals surface area contributed by atoms with Crippen molar-refractivity contribution in [1.82, 2.24) is 4.90 Å². The molecule has 1 fully saturated rings. The van der Waals surface area contributed by atoms with Crippen LogP contribution >= 0.6 is 0 Å². The Hall–Kier alpha value is -2.33. The lowest BCUT2D eigenvalue weighted by Crippen LogP contribution is -2.39. The Labute approximate surface area is 148 Å². The van der Waals surface area contributed by atoms with Gasteiger partial charge in [-0.2, -0.15) is 0 Å². The molecule has 0 spiro atoms. The van der Waals surface area contributed by atoms with Crippen LogP contribution in [-0.4, -0.2) is 30.1 Å². The third kappa shape index (κ3) is 3.02. The molecule has 4 heteroatoms. The number of rotatable bonds is 4. The van der Waals surface area contributed by atoms with E-state index in [0.717, 1.165) is 18.7 Å². The second kappa shape index (κ2) is 6.89. The fourth-order valence-electron chi connectivity index (χ4n) is 4.13. The van der Waals surface area contributed by atoms with Crippen molar-refractivity contribution in [2.75, 3.05) is 13.2 Å². The first kappa shape index (κ1) is 16.2. The van der Waals surface area contributed by atoms with Crippen LogP contribution in [0.2, 0.25) is 0 Å². The average Bonchev–Trinajstić information content (AvgIpc) is 3.02. The van der Waals surface area contributed by atoms with Crippen LogP contribution in [0.3, 0.4) is 0 Å². The maximum absolute atomic E-state index is 12.6. The zero-order valence-corrected chi connectivity index (χ0v) is 14.4. The zero-order chi connectivity index (χ0) is 17.2. The van der Waals surface area contributed by atoms with Gasteiger partial charge in [0.2, 0.25) is 0 Å². The number of fused-ring (bicyclic) bond motifs is 3. The van der Waals surface area contributed by atoms with E-state index in [1.807, 2.05) is 43.3 Å². The summed E-state index contributed by atoms with van der Waals surface area (Å²) in [6.07, 6.45) is 0.782. The van der Waals surface area contributed by atoms with Gasteiger partial charge in [-0.1, -0.05) is 48.5 Å². The molecule has 2 aliphatic heterocycles. The SMILES string of the molecule is CCOC(=O)[C@@H]1C[C@H]2COc3ccccc3[C@H]2N1Cc1ccccc1. The maximum atomic E-state index is 12.6. The predicted octanol–water partition coefficient (Wildman–Crippen LogP) is 3.57. The molecular weight excluding hydrogens is 314 g/mol. The molecule has 0 radical (unpaired) electrons. The highest BCUT2D eigenvalue weighted by molar-refractivity contribution is 5.76. The minimum Gasteiger partial charge on any atom is -0.493 e. The summed E-state index contributed by atoms with van der Waals surface area (Å²) in [6.45, 7) is 3.67. The van der Waals surface area contributed by atoms with Crippen molar-refractivity contribution in [2.45, 2.75) is 32.0 Å². The van der Waals surface area contributed by atoms with Crippen LogP contribution in [0.15, 0.2) is 54.6 Å². The summed E-state index contributed by atoms with van der Waals surface area (Å²) >= 11 is 0. The average molecular weight is 337 g/mol. The molecule has 2 aromatic carbocycles. The van der Waals surface area contributed by atoms with E-state index < -0.39 is 0 Å². The van der Waals surface area contributed by atoms with E-state index in [9.17, 15) is 4.79 Å². The van der Waals surface area contributed by atoms with Crippen molar-refractivity contribution >= 4 is 5.97 Å². The Morgan fingerprint density at radius 1 is 1.16 bits per heavy atom. The molecule has 2 aromatic rings. The van der Waals surface area contributed by atoms with Crippen molar-refractivity contribution in [2.24, 2.45) is 5.92 Å². The van der Waals surface area contributed by atoms with Crippen LogP contribution in [0.5, 0.6) is 5.75 Å². The highest BCUT2D eigenvalue weighted by Gasteiger charge is 2.48. The van der Waals surface area contributed by atoms with Gasteiger partial charge in [0.1, 0.15) is 11.8 Å². The Balaban J connectivity index is 1.70. The number of likely N-dealkylation sites (tertiary alicyclic amines) is 1. The van der Waals surface area contributed by atoms with Gasteiger partial charge in [-0.15, -0.1) is 0 Å². The Kier molecular flexibility index (Phi) is 4.45. The Morgan fingerprint density at radius 3 is 2.72 bits per heavy atom. The second-order valence-corrected chi connectivity index (χ2v) is 6.72. The Morgan fingerprint density at radius 2 is 1.92 bits per heavy atom. The maximum Gasteiger partial charge on any atom is 0.323 e. The van der Waals surface area contributed by atoms with Gasteiger partial charge >= 0.3 is 5.97 Å². The first-order chi connectivity index (χ1) is 12.3. The molecular formula is C21H23NO3. The minimum absolute atomic E-state index is 0.120. The quantitative estimate of drug-likeness (QED) is 0.800. The van der Waals surface area contributed by atoms with E-state index in [1.54, 1.807) is 0 Å². The molecule has 2 aliphatic rings. The van der Waals surface area contributed by atoms with Crippen LogP contribution in [-0.2, 0) is 16.1 Å². The molecule has 0 saturated carbocycles. The summed E-state index contributed by atoms with van der Waals surface area (Å²) in [5.74, 6) is 1.13. The summed E-state index contributed by atoms with van der Waals surface area (Å²) in [5, 5.41) is 0. The lowest BCUT2D eigenvalue weighted by Gasteiger charge is -2.35. The smallest absolute Gasteiger partial charge is 0.323 e. The first-order valence-electron chi connectivity index (χ1n) is 8.96. The van der Waals surface area contributed by atoms with Crippen molar-refractivity contribution in [3.8, 4) is 5.75 Å². The van der Waals surface area contributed by atoms with E-state index in [4.69, 9.17) is 9.47 Å². The number of carbonyl (C=O) groups excluding carboxylic acids is 1. The molecule has 4 nitrogen and oxygen atoms in total. The third-order valence-corrected chi connectivity index (χ3v) is 5.19. The number of para-hydroxylation sites is 1. The van der Waals surface area contributed by atoms with Gasteiger partial charge in [-0.25, -0.2) is 0 Å². The molecule has 4 rings (SSSR count). The number of hydrogen-bond acceptors (Lipinski definition) is 4. The van der Waals surface area contributed by atoms with Crippen molar-refractivity contribution in [1.29, 1.82) is 0 Å². The van der Waals surface area contributed by atoms with Crippen LogP contribution in [0.25, 0.3) is 0 Å². The molecule has 0 aromatic heterocycles. The zero-order valence-electron chi connectivity index (χ0n) is 14.4. The number of ether oxygens (including phenoxy) is 2. The first-order valence-corrected chi connectivity index (χ1v) is 8.96. The van der Waals surface area contributed by atoms with Crippen molar-refractivity contribution in [3.05, 3.63) is 65.7 Å². The fourth-order valence-corrected chi connectivity index (χ4v) is 4.13. The molecule has 0 aliphatic carbocycles. The molecule has 0 amide bonds. The molecule has 0 unspecified atom stereocenters. The molecule has 3 atom stereocenters. The summed E-state index contributed by atoms with van der Waals surface area (Å²) in [6, 6.07) is 18.5. The van der Waals surface area contributed by atoms with E-state index >= 15 is 0 Å². The summed E-state index contributed by atoms with van der Waals surface area (Å²) in [4.78, 5) is 14.9. The summed E-state index contributed by atoms with van der Waals surface area (Å²) in [7, 11) is 0. The summed E-state index contributed by atoms with van der Waals surface area (Å²) < 4.78 is 11.3. The summed E-state index contributed by atoms with van der Waals surface area (Å²) in [5.41, 5.74) is 2.39. The number of benzene rings is 2. The van der Waals surface area contributed by atoms with Crippen LogP contribution in [0.4, 0.5) is 0 Å². The normalized spacial score (nSPS) is 24.9. The number of carbonyl (C=O) groups is 1.